The number of carbonyl (C=O) groups is 1. The molecular formula is C13H13NO3S. The van der Waals surface area contributed by atoms with E-state index in [1.54, 1.807) is 12.1 Å². The quantitative estimate of drug-likeness (QED) is 0.768. The van der Waals surface area contributed by atoms with Crippen LogP contribution in [0, 0.1) is 23.7 Å². The number of nitrogens with zero attached hydrogens (tertiary/aromatic N) is 1. The van der Waals surface area contributed by atoms with Gasteiger partial charge in [0.05, 0.1) is 11.3 Å². The van der Waals surface area contributed by atoms with Gasteiger partial charge in [0.15, 0.2) is 9.84 Å². The molecule has 1 aromatic carbocycles. The summed E-state index contributed by atoms with van der Waals surface area (Å²) >= 11 is 0. The van der Waals surface area contributed by atoms with Crippen LogP contribution >= 0.6 is 0 Å². The molecule has 0 spiro atoms. The van der Waals surface area contributed by atoms with E-state index in [1.165, 1.54) is 0 Å². The molecule has 0 saturated heterocycles. The zero-order valence-electron chi connectivity index (χ0n) is 10.1. The second-order valence-corrected chi connectivity index (χ2v) is 6.97. The Balaban J connectivity index is 2.49. The van der Waals surface area contributed by atoms with Gasteiger partial charge < -0.3 is 4.79 Å². The van der Waals surface area contributed by atoms with Gasteiger partial charge in [-0.05, 0) is 12.5 Å². The van der Waals surface area contributed by atoms with Gasteiger partial charge in [-0.3, -0.25) is 0 Å². The van der Waals surface area contributed by atoms with E-state index in [4.69, 9.17) is 5.26 Å². The van der Waals surface area contributed by atoms with Gasteiger partial charge in [0.1, 0.15) is 11.7 Å². The number of sulfone groups is 1. The molecule has 1 saturated carbocycles. The van der Waals surface area contributed by atoms with Gasteiger partial charge in [-0.15, -0.1) is 0 Å². The Morgan fingerprint density at radius 1 is 1.33 bits per heavy atom. The van der Waals surface area contributed by atoms with Crippen LogP contribution < -0.4 is 0 Å². The van der Waals surface area contributed by atoms with Crippen molar-refractivity contribution >= 4 is 16.1 Å². The first-order valence-electron chi connectivity index (χ1n) is 5.50. The third kappa shape index (κ3) is 1.73. The van der Waals surface area contributed by atoms with E-state index >= 15 is 0 Å². The van der Waals surface area contributed by atoms with E-state index in [0.717, 1.165) is 17.4 Å². The minimum absolute atomic E-state index is 0.475. The van der Waals surface area contributed by atoms with Gasteiger partial charge in [0.25, 0.3) is 0 Å². The summed E-state index contributed by atoms with van der Waals surface area (Å²) < 4.78 is 23.3. The van der Waals surface area contributed by atoms with Crippen molar-refractivity contribution in [1.29, 1.82) is 5.26 Å². The molecule has 0 N–H and O–H groups in total. The molecule has 1 aliphatic rings. The second-order valence-electron chi connectivity index (χ2n) is 4.80. The molecule has 94 valence electrons. The summed E-state index contributed by atoms with van der Waals surface area (Å²) in [6.07, 6.45) is 1.55. The van der Waals surface area contributed by atoms with Crippen LogP contribution in [0.1, 0.15) is 17.0 Å². The van der Waals surface area contributed by atoms with Gasteiger partial charge >= 0.3 is 0 Å². The molecule has 0 aliphatic heterocycles. The average Bonchev–Trinajstić information content (AvgIpc) is 3.00. The van der Waals surface area contributed by atoms with E-state index in [9.17, 15) is 13.2 Å². The number of rotatable bonds is 3. The Kier molecular flexibility index (Phi) is 2.78. The van der Waals surface area contributed by atoms with Crippen LogP contribution in [0.2, 0.25) is 0 Å². The lowest BCUT2D eigenvalue weighted by Gasteiger charge is -2.00. The maximum Gasteiger partial charge on any atom is 0.153 e. The van der Waals surface area contributed by atoms with Crippen LogP contribution in [0.4, 0.5) is 0 Å². The van der Waals surface area contributed by atoms with Gasteiger partial charge in [0, 0.05) is 12.2 Å². The van der Waals surface area contributed by atoms with Crippen LogP contribution in [0.3, 0.4) is 0 Å². The molecule has 0 amide bonds. The van der Waals surface area contributed by atoms with Crippen molar-refractivity contribution in [3.63, 3.8) is 0 Å². The van der Waals surface area contributed by atoms with Crippen LogP contribution in [0.25, 0.3) is 0 Å². The number of aryl methyl sites for hydroxylation is 1. The summed E-state index contributed by atoms with van der Waals surface area (Å²) in [5, 5.41) is 8.21. The minimum atomic E-state index is -3.42. The number of nitriles is 1. The molecule has 1 fully saturated rings. The van der Waals surface area contributed by atoms with Crippen molar-refractivity contribution < 1.29 is 13.2 Å². The lowest BCUT2D eigenvalue weighted by Crippen LogP contribution is -2.14. The van der Waals surface area contributed by atoms with E-state index in [-0.39, 0.29) is 0 Å². The molecule has 0 aromatic heterocycles. The lowest BCUT2D eigenvalue weighted by atomic mass is 10.0. The molecule has 1 aromatic rings. The smallest absolute Gasteiger partial charge is 0.153 e. The number of benzene rings is 1. The molecule has 0 heterocycles. The fraction of sp³-hybridized carbons (Fsp3) is 0.385. The summed E-state index contributed by atoms with van der Waals surface area (Å²) in [5.41, 5.74) is 0.358. The van der Waals surface area contributed by atoms with Crippen molar-refractivity contribution in [2.45, 2.75) is 18.1 Å². The maximum absolute atomic E-state index is 11.7. The van der Waals surface area contributed by atoms with Crippen LogP contribution in [0.5, 0.6) is 0 Å². The number of carbonyl (C=O) groups excluding carboxylic acids is 1. The third-order valence-corrected chi connectivity index (χ3v) is 5.05. The average molecular weight is 263 g/mol. The van der Waals surface area contributed by atoms with Crippen molar-refractivity contribution in [1.82, 2.24) is 0 Å². The van der Waals surface area contributed by atoms with E-state index in [1.807, 2.05) is 25.1 Å². The van der Waals surface area contributed by atoms with Gasteiger partial charge in [-0.1, -0.05) is 29.8 Å². The van der Waals surface area contributed by atoms with E-state index in [2.05, 4.69) is 0 Å². The van der Waals surface area contributed by atoms with Crippen molar-refractivity contribution in [3.8, 4) is 6.07 Å². The number of hydrogen-bond acceptors (Lipinski definition) is 4. The molecule has 2 rings (SSSR count). The highest BCUT2D eigenvalue weighted by Gasteiger charge is 2.71. The minimum Gasteiger partial charge on any atom is -0.302 e. The highest BCUT2D eigenvalue weighted by molar-refractivity contribution is 7.91. The first kappa shape index (κ1) is 12.8. The number of aldehydes is 1. The van der Waals surface area contributed by atoms with E-state index < -0.39 is 26.4 Å². The van der Waals surface area contributed by atoms with Crippen molar-refractivity contribution in [2.24, 2.45) is 5.41 Å². The monoisotopic (exact) mass is 263 g/mol. The van der Waals surface area contributed by atoms with Gasteiger partial charge in [0.2, 0.25) is 0 Å². The molecule has 5 heteroatoms. The zero-order valence-corrected chi connectivity index (χ0v) is 10.9. The fourth-order valence-electron chi connectivity index (χ4n) is 2.50. The Hall–Kier alpha value is -1.67. The van der Waals surface area contributed by atoms with Crippen LogP contribution in [0.15, 0.2) is 24.3 Å². The Morgan fingerprint density at radius 2 is 1.89 bits per heavy atom. The summed E-state index contributed by atoms with van der Waals surface area (Å²) in [6, 6.07) is 9.13. The Labute approximate surface area is 106 Å². The summed E-state index contributed by atoms with van der Waals surface area (Å²) in [5.74, 6) is -0.546. The van der Waals surface area contributed by atoms with Gasteiger partial charge in [-0.25, -0.2) is 8.42 Å². The first-order chi connectivity index (χ1) is 8.36. The highest BCUT2D eigenvalue weighted by atomic mass is 32.2. The SMILES string of the molecule is Cc1ccc([C@@H]2[C@@H](S(C)(=O)=O)[C@]2(C#N)C=O)cc1. The largest absolute Gasteiger partial charge is 0.302 e. The molecule has 0 radical (unpaired) electrons. The summed E-state index contributed by atoms with van der Waals surface area (Å²) in [6.45, 7) is 1.92. The van der Waals surface area contributed by atoms with E-state index in [0.29, 0.717) is 6.29 Å². The predicted octanol–water partition coefficient (Wildman–Crippen LogP) is 1.21. The predicted molar refractivity (Wildman–Crippen MR) is 66.7 cm³/mol. The standard InChI is InChI=1S/C13H13NO3S/c1-9-3-5-10(6-4-9)11-12(18(2,16)17)13(11,7-14)8-15/h3-6,8,11-12H,1-2H3/t11-,12-,13-/m1/s1. The molecule has 18 heavy (non-hydrogen) atoms. The third-order valence-electron chi connectivity index (χ3n) is 3.47. The molecule has 4 nitrogen and oxygen atoms in total. The zero-order chi connectivity index (χ0) is 13.6. The fourth-order valence-corrected chi connectivity index (χ4v) is 4.26. The van der Waals surface area contributed by atoms with Crippen LogP contribution in [-0.4, -0.2) is 26.2 Å². The maximum atomic E-state index is 11.7. The normalized spacial score (nSPS) is 30.5. The summed E-state index contributed by atoms with van der Waals surface area (Å²) in [7, 11) is -3.42. The molecule has 0 bridgehead atoms. The molecule has 3 atom stereocenters. The van der Waals surface area contributed by atoms with Gasteiger partial charge in [-0.2, -0.15) is 5.26 Å². The highest BCUT2D eigenvalue weighted by Crippen LogP contribution is 2.61. The molecular weight excluding hydrogens is 250 g/mol. The van der Waals surface area contributed by atoms with Crippen molar-refractivity contribution in [2.75, 3.05) is 6.26 Å². The van der Waals surface area contributed by atoms with Crippen LogP contribution in [-0.2, 0) is 14.6 Å². The number of hydrogen-bond donors (Lipinski definition) is 0. The lowest BCUT2D eigenvalue weighted by molar-refractivity contribution is -0.110. The Morgan fingerprint density at radius 3 is 2.22 bits per heavy atom. The first-order valence-corrected chi connectivity index (χ1v) is 7.45. The Bertz CT molecular complexity index is 627. The second kappa shape index (κ2) is 3.92. The molecule has 0 unspecified atom stereocenters. The summed E-state index contributed by atoms with van der Waals surface area (Å²) in [4.78, 5) is 11.1. The topological polar surface area (TPSA) is 75.0 Å². The van der Waals surface area contributed by atoms with Crippen molar-refractivity contribution in [3.05, 3.63) is 35.4 Å². The molecule has 1 aliphatic carbocycles.